The lowest BCUT2D eigenvalue weighted by Gasteiger charge is -2.14. The predicted molar refractivity (Wildman–Crippen MR) is 159 cm³/mol. The molecule has 4 rings (SSSR count). The topological polar surface area (TPSA) is 80.4 Å². The lowest BCUT2D eigenvalue weighted by Crippen LogP contribution is -2.25. The summed E-state index contributed by atoms with van der Waals surface area (Å²) in [5.41, 5.74) is 1.64. The van der Waals surface area contributed by atoms with Gasteiger partial charge in [-0.05, 0) is 80.3 Å². The average molecular weight is 653 g/mol. The summed E-state index contributed by atoms with van der Waals surface area (Å²) in [6, 6.07) is 17.9. The van der Waals surface area contributed by atoms with Crippen molar-refractivity contribution in [2.24, 2.45) is 0 Å². The Balaban J connectivity index is 1.57. The van der Waals surface area contributed by atoms with E-state index in [0.29, 0.717) is 35.4 Å². The van der Waals surface area contributed by atoms with Crippen molar-refractivity contribution in [3.8, 4) is 33.9 Å². The van der Waals surface area contributed by atoms with Crippen LogP contribution in [0, 0.1) is 6.92 Å². The normalized spacial score (nSPS) is 11.7. The summed E-state index contributed by atoms with van der Waals surface area (Å²) in [4.78, 5) is 29.4. The van der Waals surface area contributed by atoms with E-state index in [9.17, 15) is 35.9 Å². The first-order valence-corrected chi connectivity index (χ1v) is 14.1. The van der Waals surface area contributed by atoms with E-state index in [0.717, 1.165) is 17.7 Å². The molecule has 0 unspecified atom stereocenters. The fourth-order valence-corrected chi connectivity index (χ4v) is 4.70. The quantitative estimate of drug-likeness (QED) is 0.125. The van der Waals surface area contributed by atoms with Crippen molar-refractivity contribution in [2.45, 2.75) is 45.1 Å². The second-order valence-electron chi connectivity index (χ2n) is 10.1. The molecule has 0 fully saturated rings. The SMILES string of the molecule is Cc1ccc(-c2cc(-c3ccc(OCCCCCC(F)(F)F)cc3Cl)[nH]c(=O)c2C(=O)Nc2ccc(OC(F)(F)F)cc2)cc1. The summed E-state index contributed by atoms with van der Waals surface area (Å²) in [7, 11) is 0. The molecule has 1 aromatic heterocycles. The number of hydrogen-bond donors (Lipinski definition) is 2. The van der Waals surface area contributed by atoms with E-state index in [1.165, 1.54) is 18.2 Å². The molecule has 0 aliphatic heterocycles. The summed E-state index contributed by atoms with van der Waals surface area (Å²) in [5.74, 6) is -0.881. The Morgan fingerprint density at radius 2 is 1.51 bits per heavy atom. The fourth-order valence-electron chi connectivity index (χ4n) is 4.42. The number of aromatic amines is 1. The molecule has 1 heterocycles. The maximum absolute atomic E-state index is 13.4. The number of halogens is 7. The van der Waals surface area contributed by atoms with E-state index in [1.54, 1.807) is 42.5 Å². The second kappa shape index (κ2) is 14.1. The minimum atomic E-state index is -4.87. The van der Waals surface area contributed by atoms with Gasteiger partial charge in [0.05, 0.1) is 17.3 Å². The fraction of sp³-hybridized carbons (Fsp3) is 0.250. The van der Waals surface area contributed by atoms with Gasteiger partial charge >= 0.3 is 12.5 Å². The first-order valence-electron chi connectivity index (χ1n) is 13.7. The minimum Gasteiger partial charge on any atom is -0.494 e. The number of anilines is 1. The zero-order chi connectivity index (χ0) is 32.8. The number of carbonyl (C=O) groups excluding carboxylic acids is 1. The van der Waals surface area contributed by atoms with Gasteiger partial charge in [0, 0.05) is 23.2 Å². The van der Waals surface area contributed by atoms with Crippen molar-refractivity contribution < 1.29 is 40.6 Å². The number of benzene rings is 3. The third kappa shape index (κ3) is 9.77. The van der Waals surface area contributed by atoms with Gasteiger partial charge in [-0.1, -0.05) is 41.4 Å². The molecule has 0 aliphatic carbocycles. The van der Waals surface area contributed by atoms with Gasteiger partial charge in [-0.2, -0.15) is 13.2 Å². The predicted octanol–water partition coefficient (Wildman–Crippen LogP) is 9.32. The van der Waals surface area contributed by atoms with E-state index in [4.69, 9.17) is 16.3 Å². The third-order valence-electron chi connectivity index (χ3n) is 6.57. The number of rotatable bonds is 11. The molecular formula is C32H27ClF6N2O4. The Morgan fingerprint density at radius 3 is 2.13 bits per heavy atom. The molecule has 0 bridgehead atoms. The summed E-state index contributed by atoms with van der Waals surface area (Å²) in [6.07, 6.45) is -9.10. The molecule has 0 saturated heterocycles. The van der Waals surface area contributed by atoms with Crippen LogP contribution in [-0.4, -0.2) is 30.0 Å². The molecule has 1 amide bonds. The maximum atomic E-state index is 13.4. The molecule has 238 valence electrons. The Morgan fingerprint density at radius 1 is 0.844 bits per heavy atom. The van der Waals surface area contributed by atoms with Crippen LogP contribution in [0.15, 0.2) is 77.6 Å². The van der Waals surface area contributed by atoms with E-state index in [1.807, 2.05) is 6.92 Å². The first kappa shape index (κ1) is 33.4. The summed E-state index contributed by atoms with van der Waals surface area (Å²) in [6.45, 7) is 2.07. The highest BCUT2D eigenvalue weighted by molar-refractivity contribution is 6.33. The highest BCUT2D eigenvalue weighted by Gasteiger charge is 2.31. The summed E-state index contributed by atoms with van der Waals surface area (Å²) >= 11 is 6.52. The summed E-state index contributed by atoms with van der Waals surface area (Å²) in [5, 5.41) is 2.75. The van der Waals surface area contributed by atoms with E-state index in [-0.39, 0.29) is 34.9 Å². The van der Waals surface area contributed by atoms with Crippen LogP contribution in [0.5, 0.6) is 11.5 Å². The number of nitrogens with one attached hydrogen (secondary N) is 2. The molecule has 4 aromatic rings. The zero-order valence-corrected chi connectivity index (χ0v) is 24.5. The van der Waals surface area contributed by atoms with Gasteiger partial charge in [-0.15, -0.1) is 13.2 Å². The summed E-state index contributed by atoms with van der Waals surface area (Å²) < 4.78 is 83.8. The monoisotopic (exact) mass is 652 g/mol. The number of hydrogen-bond acceptors (Lipinski definition) is 4. The number of unbranched alkanes of at least 4 members (excludes halogenated alkanes) is 2. The molecule has 0 radical (unpaired) electrons. The van der Waals surface area contributed by atoms with Crippen molar-refractivity contribution in [1.82, 2.24) is 4.98 Å². The molecule has 6 nitrogen and oxygen atoms in total. The minimum absolute atomic E-state index is 0.0143. The lowest BCUT2D eigenvalue weighted by molar-refractivity contribution is -0.274. The molecule has 13 heteroatoms. The van der Waals surface area contributed by atoms with Gasteiger partial charge in [0.15, 0.2) is 0 Å². The van der Waals surface area contributed by atoms with Crippen LogP contribution in [0.25, 0.3) is 22.4 Å². The highest BCUT2D eigenvalue weighted by Crippen LogP contribution is 2.33. The van der Waals surface area contributed by atoms with Crippen molar-refractivity contribution in [1.29, 1.82) is 0 Å². The van der Waals surface area contributed by atoms with Crippen LogP contribution >= 0.6 is 11.6 Å². The Bertz CT molecular complexity index is 1680. The Kier molecular flexibility index (Phi) is 10.5. The Hall–Kier alpha value is -4.45. The average Bonchev–Trinajstić information content (AvgIpc) is 2.94. The third-order valence-corrected chi connectivity index (χ3v) is 6.89. The molecule has 0 spiro atoms. The van der Waals surface area contributed by atoms with Crippen molar-refractivity contribution in [3.63, 3.8) is 0 Å². The van der Waals surface area contributed by atoms with Crippen LogP contribution < -0.4 is 20.3 Å². The number of H-pyrrole nitrogens is 1. The van der Waals surface area contributed by atoms with Gasteiger partial charge in [0.1, 0.15) is 17.1 Å². The number of aryl methyl sites for hydroxylation is 1. The van der Waals surface area contributed by atoms with Crippen LogP contribution in [0.1, 0.15) is 41.6 Å². The molecule has 45 heavy (non-hydrogen) atoms. The number of aromatic nitrogens is 1. The number of pyridine rings is 1. The molecule has 0 atom stereocenters. The standard InChI is InChI=1S/C32H27ClF6N2O4/c1-19-5-7-20(8-6-19)25-18-27(24-14-13-23(17-26(24)33)44-16-4-2-3-15-31(34,35)36)41-30(43)28(25)29(42)40-21-9-11-22(12-10-21)45-32(37,38)39/h5-14,17-18H,2-4,15-16H2,1H3,(H,40,42)(H,41,43). The van der Waals surface area contributed by atoms with Crippen molar-refractivity contribution in [2.75, 3.05) is 11.9 Å². The lowest BCUT2D eigenvalue weighted by atomic mass is 9.97. The number of ether oxygens (including phenoxy) is 2. The van der Waals surface area contributed by atoms with E-state index < -0.39 is 36.2 Å². The molecule has 3 aromatic carbocycles. The van der Waals surface area contributed by atoms with Crippen LogP contribution in [0.3, 0.4) is 0 Å². The number of carbonyl (C=O) groups is 1. The van der Waals surface area contributed by atoms with Crippen LogP contribution in [0.4, 0.5) is 32.0 Å². The molecular weight excluding hydrogens is 626 g/mol. The van der Waals surface area contributed by atoms with E-state index >= 15 is 0 Å². The maximum Gasteiger partial charge on any atom is 0.573 e. The van der Waals surface area contributed by atoms with Crippen LogP contribution in [-0.2, 0) is 0 Å². The highest BCUT2D eigenvalue weighted by atomic mass is 35.5. The second-order valence-corrected chi connectivity index (χ2v) is 10.5. The number of alkyl halides is 6. The largest absolute Gasteiger partial charge is 0.573 e. The van der Waals surface area contributed by atoms with E-state index in [2.05, 4.69) is 15.0 Å². The molecule has 0 saturated carbocycles. The van der Waals surface area contributed by atoms with Gasteiger partial charge < -0.3 is 19.8 Å². The molecule has 0 aliphatic rings. The van der Waals surface area contributed by atoms with Gasteiger partial charge in [-0.3, -0.25) is 9.59 Å². The van der Waals surface area contributed by atoms with Crippen LogP contribution in [0.2, 0.25) is 5.02 Å². The smallest absolute Gasteiger partial charge is 0.494 e. The number of amides is 1. The van der Waals surface area contributed by atoms with Gasteiger partial charge in [0.2, 0.25) is 0 Å². The zero-order valence-electron chi connectivity index (χ0n) is 23.7. The Labute approximate surface area is 259 Å². The van der Waals surface area contributed by atoms with Crippen molar-refractivity contribution >= 4 is 23.2 Å². The van der Waals surface area contributed by atoms with Gasteiger partial charge in [-0.25, -0.2) is 0 Å². The van der Waals surface area contributed by atoms with Crippen molar-refractivity contribution in [3.05, 3.63) is 99.3 Å². The van der Waals surface area contributed by atoms with Gasteiger partial charge in [0.25, 0.3) is 11.5 Å². The molecule has 2 N–H and O–H groups in total. The first-order chi connectivity index (χ1) is 21.2.